The van der Waals surface area contributed by atoms with Gasteiger partial charge in [-0.1, -0.05) is 12.1 Å². The van der Waals surface area contributed by atoms with E-state index in [1.54, 1.807) is 30.9 Å². The van der Waals surface area contributed by atoms with Crippen molar-refractivity contribution in [2.75, 3.05) is 5.32 Å². The number of nitrogens with zero attached hydrogens (tertiary/aromatic N) is 2. The minimum absolute atomic E-state index is 0.158. The molecule has 126 valence electrons. The lowest BCUT2D eigenvalue weighted by Gasteiger charge is -2.12. The summed E-state index contributed by atoms with van der Waals surface area (Å²) in [7, 11) is 0. The van der Waals surface area contributed by atoms with Crippen LogP contribution in [0.5, 0.6) is 0 Å². The van der Waals surface area contributed by atoms with E-state index in [4.69, 9.17) is 0 Å². The first kappa shape index (κ1) is 16.6. The van der Waals surface area contributed by atoms with E-state index < -0.39 is 0 Å². The predicted molar refractivity (Wildman–Crippen MR) is 98.8 cm³/mol. The molecule has 1 amide bonds. The molecular formula is C20H20N4O. The summed E-state index contributed by atoms with van der Waals surface area (Å²) in [6.07, 6.45) is 6.69. The molecule has 0 saturated heterocycles. The van der Waals surface area contributed by atoms with Gasteiger partial charge in [0, 0.05) is 30.8 Å². The normalized spacial score (nSPS) is 10.3. The summed E-state index contributed by atoms with van der Waals surface area (Å²) in [5.74, 6) is -0.158. The molecule has 0 radical (unpaired) electrons. The van der Waals surface area contributed by atoms with Gasteiger partial charge in [-0.2, -0.15) is 0 Å². The molecule has 2 N–H and O–H groups in total. The van der Waals surface area contributed by atoms with E-state index in [9.17, 15) is 4.79 Å². The van der Waals surface area contributed by atoms with Gasteiger partial charge >= 0.3 is 0 Å². The van der Waals surface area contributed by atoms with E-state index in [0.717, 1.165) is 16.9 Å². The lowest BCUT2D eigenvalue weighted by atomic mass is 10.1. The second-order valence-corrected chi connectivity index (χ2v) is 5.87. The van der Waals surface area contributed by atoms with Gasteiger partial charge in [0.2, 0.25) is 0 Å². The monoisotopic (exact) mass is 332 g/mol. The second kappa shape index (κ2) is 7.57. The van der Waals surface area contributed by atoms with Crippen LogP contribution in [0.15, 0.2) is 61.2 Å². The standard InChI is InChI=1S/C20H20N4O/c1-14-4-3-5-19(15(14)2)24-18-10-17(12-22-13-18)20(25)23-11-16-6-8-21-9-7-16/h3-10,12-13,24H,11H2,1-2H3,(H,23,25). The summed E-state index contributed by atoms with van der Waals surface area (Å²) in [6.45, 7) is 4.59. The molecule has 0 unspecified atom stereocenters. The minimum atomic E-state index is -0.158. The van der Waals surface area contributed by atoms with Crippen LogP contribution in [0.1, 0.15) is 27.0 Å². The lowest BCUT2D eigenvalue weighted by Crippen LogP contribution is -2.23. The van der Waals surface area contributed by atoms with Crippen molar-refractivity contribution in [3.05, 3.63) is 83.4 Å². The zero-order valence-electron chi connectivity index (χ0n) is 14.3. The Morgan fingerprint density at radius 3 is 2.64 bits per heavy atom. The number of pyridine rings is 2. The maximum atomic E-state index is 12.3. The van der Waals surface area contributed by atoms with Crippen molar-refractivity contribution in [2.45, 2.75) is 20.4 Å². The van der Waals surface area contributed by atoms with E-state index in [2.05, 4.69) is 40.5 Å². The molecule has 3 aromatic rings. The Balaban J connectivity index is 1.70. The molecule has 0 aliphatic rings. The van der Waals surface area contributed by atoms with Crippen LogP contribution in [-0.4, -0.2) is 15.9 Å². The number of hydrogen-bond acceptors (Lipinski definition) is 4. The molecule has 0 spiro atoms. The summed E-state index contributed by atoms with van der Waals surface area (Å²) in [6, 6.07) is 11.6. The van der Waals surface area contributed by atoms with Crippen LogP contribution < -0.4 is 10.6 Å². The van der Waals surface area contributed by atoms with Gasteiger partial charge in [0.1, 0.15) is 0 Å². The maximum Gasteiger partial charge on any atom is 0.253 e. The zero-order chi connectivity index (χ0) is 17.6. The van der Waals surface area contributed by atoms with Crippen molar-refractivity contribution in [3.8, 4) is 0 Å². The first-order valence-electron chi connectivity index (χ1n) is 8.09. The van der Waals surface area contributed by atoms with Crippen molar-refractivity contribution in [1.29, 1.82) is 0 Å². The van der Waals surface area contributed by atoms with Gasteiger partial charge in [0.15, 0.2) is 0 Å². The lowest BCUT2D eigenvalue weighted by molar-refractivity contribution is 0.0950. The third kappa shape index (κ3) is 4.20. The van der Waals surface area contributed by atoms with Crippen LogP contribution in [0.2, 0.25) is 0 Å². The molecule has 25 heavy (non-hydrogen) atoms. The largest absolute Gasteiger partial charge is 0.354 e. The molecule has 1 aromatic carbocycles. The summed E-state index contributed by atoms with van der Waals surface area (Å²) in [5.41, 5.74) is 5.70. The molecule has 0 bridgehead atoms. The topological polar surface area (TPSA) is 66.9 Å². The van der Waals surface area contributed by atoms with Crippen molar-refractivity contribution < 1.29 is 4.79 Å². The van der Waals surface area contributed by atoms with Crippen LogP contribution in [0.4, 0.5) is 11.4 Å². The van der Waals surface area contributed by atoms with Crippen LogP contribution >= 0.6 is 0 Å². The number of hydrogen-bond donors (Lipinski definition) is 2. The Hall–Kier alpha value is -3.21. The van der Waals surface area contributed by atoms with Crippen LogP contribution in [0, 0.1) is 13.8 Å². The smallest absolute Gasteiger partial charge is 0.253 e. The number of rotatable bonds is 5. The highest BCUT2D eigenvalue weighted by molar-refractivity contribution is 5.94. The molecule has 3 rings (SSSR count). The molecule has 0 fully saturated rings. The second-order valence-electron chi connectivity index (χ2n) is 5.87. The van der Waals surface area contributed by atoms with Crippen molar-refractivity contribution in [3.63, 3.8) is 0 Å². The average Bonchev–Trinajstić information content (AvgIpc) is 2.64. The first-order chi connectivity index (χ1) is 12.1. The maximum absolute atomic E-state index is 12.3. The van der Waals surface area contributed by atoms with Gasteiger partial charge in [0.05, 0.1) is 17.4 Å². The van der Waals surface area contributed by atoms with E-state index in [-0.39, 0.29) is 5.91 Å². The summed E-state index contributed by atoms with van der Waals surface area (Å²) in [5, 5.41) is 6.22. The number of benzene rings is 1. The number of carbonyl (C=O) groups excluding carboxylic acids is 1. The van der Waals surface area contributed by atoms with Crippen LogP contribution in [-0.2, 0) is 6.54 Å². The molecule has 0 atom stereocenters. The highest BCUT2D eigenvalue weighted by Crippen LogP contribution is 2.22. The number of carbonyl (C=O) groups is 1. The third-order valence-electron chi connectivity index (χ3n) is 4.09. The number of aryl methyl sites for hydroxylation is 1. The van der Waals surface area contributed by atoms with Gasteiger partial charge in [-0.05, 0) is 54.8 Å². The van der Waals surface area contributed by atoms with E-state index >= 15 is 0 Å². The Bertz CT molecular complexity index is 878. The predicted octanol–water partition coefficient (Wildman–Crippen LogP) is 3.77. The van der Waals surface area contributed by atoms with Gasteiger partial charge in [0.25, 0.3) is 5.91 Å². The Kier molecular flexibility index (Phi) is 5.04. The molecule has 2 aromatic heterocycles. The summed E-state index contributed by atoms with van der Waals surface area (Å²) < 4.78 is 0. The third-order valence-corrected chi connectivity index (χ3v) is 4.09. The molecule has 0 saturated carbocycles. The van der Waals surface area contributed by atoms with Crippen molar-refractivity contribution >= 4 is 17.3 Å². The Morgan fingerprint density at radius 1 is 1.04 bits per heavy atom. The summed E-state index contributed by atoms with van der Waals surface area (Å²) in [4.78, 5) is 20.5. The Labute approximate surface area is 147 Å². The number of nitrogens with one attached hydrogen (secondary N) is 2. The SMILES string of the molecule is Cc1cccc(Nc2cncc(C(=O)NCc3ccncc3)c2)c1C. The molecule has 0 aliphatic heterocycles. The molecular weight excluding hydrogens is 312 g/mol. The fourth-order valence-electron chi connectivity index (χ4n) is 2.46. The van der Waals surface area contributed by atoms with Gasteiger partial charge < -0.3 is 10.6 Å². The Morgan fingerprint density at radius 2 is 1.84 bits per heavy atom. The van der Waals surface area contributed by atoms with Crippen molar-refractivity contribution in [1.82, 2.24) is 15.3 Å². The quantitative estimate of drug-likeness (QED) is 0.746. The fourth-order valence-corrected chi connectivity index (χ4v) is 2.46. The number of anilines is 2. The van der Waals surface area contributed by atoms with E-state index in [1.165, 1.54) is 11.1 Å². The summed E-state index contributed by atoms with van der Waals surface area (Å²) >= 11 is 0. The molecule has 0 aliphatic carbocycles. The average molecular weight is 332 g/mol. The van der Waals surface area contributed by atoms with Gasteiger partial charge in [-0.3, -0.25) is 14.8 Å². The van der Waals surface area contributed by atoms with Gasteiger partial charge in [-0.15, -0.1) is 0 Å². The fraction of sp³-hybridized carbons (Fsp3) is 0.150. The van der Waals surface area contributed by atoms with Crippen molar-refractivity contribution in [2.24, 2.45) is 0 Å². The molecule has 2 heterocycles. The number of aromatic nitrogens is 2. The highest BCUT2D eigenvalue weighted by Gasteiger charge is 2.08. The molecule has 5 nitrogen and oxygen atoms in total. The van der Waals surface area contributed by atoms with E-state index in [0.29, 0.717) is 12.1 Å². The first-order valence-corrected chi connectivity index (χ1v) is 8.09. The number of amides is 1. The highest BCUT2D eigenvalue weighted by atomic mass is 16.1. The zero-order valence-corrected chi connectivity index (χ0v) is 14.3. The van der Waals surface area contributed by atoms with Gasteiger partial charge in [-0.25, -0.2) is 0 Å². The van der Waals surface area contributed by atoms with Crippen LogP contribution in [0.3, 0.4) is 0 Å². The molecule has 5 heteroatoms. The van der Waals surface area contributed by atoms with E-state index in [1.807, 2.05) is 24.3 Å². The van der Waals surface area contributed by atoms with Crippen LogP contribution in [0.25, 0.3) is 0 Å². The minimum Gasteiger partial charge on any atom is -0.354 e.